The second kappa shape index (κ2) is 3.22. The van der Waals surface area contributed by atoms with Crippen LogP contribution in [0.15, 0.2) is 41.3 Å². The standard InChI is InChI=1S/C10H10N2O2S/c11-8-4-5-9-7(6-8)2-1-3-10(9)15(12,13)14/h1-6H,11H2,(H2,12,13,14). The average molecular weight is 222 g/mol. The van der Waals surface area contributed by atoms with E-state index in [0.29, 0.717) is 11.1 Å². The third kappa shape index (κ3) is 1.79. The molecule has 5 heteroatoms. The van der Waals surface area contributed by atoms with E-state index in [9.17, 15) is 8.42 Å². The maximum atomic E-state index is 11.3. The molecule has 0 aliphatic heterocycles. The molecule has 0 unspecified atom stereocenters. The van der Waals surface area contributed by atoms with Gasteiger partial charge in [-0.15, -0.1) is 0 Å². The second-order valence-electron chi connectivity index (χ2n) is 3.28. The third-order valence-electron chi connectivity index (χ3n) is 2.17. The Bertz CT molecular complexity index is 620. The van der Waals surface area contributed by atoms with Crippen molar-refractivity contribution in [3.63, 3.8) is 0 Å². The quantitative estimate of drug-likeness (QED) is 0.707. The fraction of sp³-hybridized carbons (Fsp3) is 0. The third-order valence-corrected chi connectivity index (χ3v) is 3.14. The van der Waals surface area contributed by atoms with E-state index in [0.717, 1.165) is 5.39 Å². The first-order valence-corrected chi connectivity index (χ1v) is 5.84. The van der Waals surface area contributed by atoms with E-state index in [1.165, 1.54) is 6.07 Å². The molecule has 78 valence electrons. The smallest absolute Gasteiger partial charge is 0.238 e. The van der Waals surface area contributed by atoms with Gasteiger partial charge in [0, 0.05) is 11.1 Å². The fourth-order valence-electron chi connectivity index (χ4n) is 1.52. The summed E-state index contributed by atoms with van der Waals surface area (Å²) in [7, 11) is -3.68. The lowest BCUT2D eigenvalue weighted by molar-refractivity contribution is 0.598. The summed E-state index contributed by atoms with van der Waals surface area (Å²) < 4.78 is 22.6. The Labute approximate surface area is 87.6 Å². The molecule has 4 N–H and O–H groups in total. The minimum atomic E-state index is -3.68. The molecule has 0 spiro atoms. The van der Waals surface area contributed by atoms with Crippen LogP contribution in [0.4, 0.5) is 5.69 Å². The van der Waals surface area contributed by atoms with Gasteiger partial charge in [0.15, 0.2) is 0 Å². The van der Waals surface area contributed by atoms with Gasteiger partial charge in [0.2, 0.25) is 10.0 Å². The monoisotopic (exact) mass is 222 g/mol. The summed E-state index contributed by atoms with van der Waals surface area (Å²) in [5.41, 5.74) is 6.19. The normalized spacial score (nSPS) is 11.8. The molecule has 0 aliphatic carbocycles. The summed E-state index contributed by atoms with van der Waals surface area (Å²) in [6.07, 6.45) is 0. The number of sulfonamides is 1. The largest absolute Gasteiger partial charge is 0.399 e. The Hall–Kier alpha value is -1.59. The molecule has 0 aromatic heterocycles. The Morgan fingerprint density at radius 3 is 2.47 bits per heavy atom. The zero-order valence-electron chi connectivity index (χ0n) is 7.84. The first-order chi connectivity index (χ1) is 6.98. The van der Waals surface area contributed by atoms with Crippen molar-refractivity contribution in [3.05, 3.63) is 36.4 Å². The van der Waals surface area contributed by atoms with E-state index in [1.807, 2.05) is 0 Å². The number of anilines is 1. The first kappa shape index (κ1) is 9.95. The summed E-state index contributed by atoms with van der Waals surface area (Å²) in [6.45, 7) is 0. The van der Waals surface area contributed by atoms with Crippen LogP contribution in [0.25, 0.3) is 10.8 Å². The molecular formula is C10H10N2O2S. The van der Waals surface area contributed by atoms with Crippen LogP contribution < -0.4 is 10.9 Å². The number of rotatable bonds is 1. The van der Waals surface area contributed by atoms with Gasteiger partial charge in [0.1, 0.15) is 0 Å². The summed E-state index contributed by atoms with van der Waals surface area (Å²) in [4.78, 5) is 0.125. The predicted molar refractivity (Wildman–Crippen MR) is 59.7 cm³/mol. The lowest BCUT2D eigenvalue weighted by Gasteiger charge is -2.04. The Morgan fingerprint density at radius 1 is 1.07 bits per heavy atom. The van der Waals surface area contributed by atoms with Crippen LogP contribution in [-0.4, -0.2) is 8.42 Å². The Balaban J connectivity index is 2.89. The van der Waals surface area contributed by atoms with Crippen molar-refractivity contribution in [2.24, 2.45) is 5.14 Å². The molecule has 2 aromatic rings. The predicted octanol–water partition coefficient (Wildman–Crippen LogP) is 1.07. The Morgan fingerprint density at radius 2 is 1.80 bits per heavy atom. The summed E-state index contributed by atoms with van der Waals surface area (Å²) in [5, 5.41) is 6.46. The summed E-state index contributed by atoms with van der Waals surface area (Å²) in [6, 6.07) is 9.93. The van der Waals surface area contributed by atoms with E-state index >= 15 is 0 Å². The summed E-state index contributed by atoms with van der Waals surface area (Å²) in [5.74, 6) is 0. The van der Waals surface area contributed by atoms with Crippen molar-refractivity contribution in [2.45, 2.75) is 4.90 Å². The highest BCUT2D eigenvalue weighted by Crippen LogP contribution is 2.23. The van der Waals surface area contributed by atoms with E-state index in [-0.39, 0.29) is 4.90 Å². The van der Waals surface area contributed by atoms with Gasteiger partial charge in [-0.05, 0) is 23.6 Å². The number of primary sulfonamides is 1. The number of benzene rings is 2. The molecule has 4 nitrogen and oxygen atoms in total. The van der Waals surface area contributed by atoms with Crippen molar-refractivity contribution in [1.29, 1.82) is 0 Å². The fourth-order valence-corrected chi connectivity index (χ4v) is 2.28. The maximum Gasteiger partial charge on any atom is 0.238 e. The second-order valence-corrected chi connectivity index (χ2v) is 4.81. The van der Waals surface area contributed by atoms with Gasteiger partial charge in [-0.25, -0.2) is 13.6 Å². The van der Waals surface area contributed by atoms with Crippen LogP contribution in [0.5, 0.6) is 0 Å². The number of fused-ring (bicyclic) bond motifs is 1. The van der Waals surface area contributed by atoms with Gasteiger partial charge in [-0.1, -0.05) is 18.2 Å². The van der Waals surface area contributed by atoms with Crippen LogP contribution >= 0.6 is 0 Å². The Kier molecular flexibility index (Phi) is 2.13. The highest BCUT2D eigenvalue weighted by atomic mass is 32.2. The SMILES string of the molecule is Nc1ccc2c(S(N)(=O)=O)cccc2c1. The number of nitrogen functional groups attached to an aromatic ring is 1. The van der Waals surface area contributed by atoms with Crippen LogP contribution in [0, 0.1) is 0 Å². The molecular weight excluding hydrogens is 212 g/mol. The molecule has 0 fully saturated rings. The van der Waals surface area contributed by atoms with E-state index < -0.39 is 10.0 Å². The van der Waals surface area contributed by atoms with Gasteiger partial charge >= 0.3 is 0 Å². The van der Waals surface area contributed by atoms with Gasteiger partial charge in [-0.2, -0.15) is 0 Å². The minimum absolute atomic E-state index is 0.125. The molecule has 2 aromatic carbocycles. The molecule has 0 atom stereocenters. The van der Waals surface area contributed by atoms with Crippen molar-refractivity contribution >= 4 is 26.5 Å². The number of nitrogens with two attached hydrogens (primary N) is 2. The number of hydrogen-bond donors (Lipinski definition) is 2. The van der Waals surface area contributed by atoms with Gasteiger partial charge in [-0.3, -0.25) is 0 Å². The molecule has 0 bridgehead atoms. The van der Waals surface area contributed by atoms with Crippen LogP contribution in [0.2, 0.25) is 0 Å². The van der Waals surface area contributed by atoms with Crippen LogP contribution in [0.1, 0.15) is 0 Å². The molecule has 15 heavy (non-hydrogen) atoms. The first-order valence-electron chi connectivity index (χ1n) is 4.29. The minimum Gasteiger partial charge on any atom is -0.399 e. The van der Waals surface area contributed by atoms with E-state index in [2.05, 4.69) is 0 Å². The van der Waals surface area contributed by atoms with Gasteiger partial charge in [0.25, 0.3) is 0 Å². The molecule has 0 saturated carbocycles. The lowest BCUT2D eigenvalue weighted by Crippen LogP contribution is -2.12. The van der Waals surface area contributed by atoms with Gasteiger partial charge in [0.05, 0.1) is 4.90 Å². The van der Waals surface area contributed by atoms with Gasteiger partial charge < -0.3 is 5.73 Å². The molecule has 0 amide bonds. The molecule has 0 heterocycles. The van der Waals surface area contributed by atoms with Crippen molar-refractivity contribution in [1.82, 2.24) is 0 Å². The van der Waals surface area contributed by atoms with Crippen LogP contribution in [-0.2, 0) is 10.0 Å². The number of hydrogen-bond acceptors (Lipinski definition) is 3. The summed E-state index contributed by atoms with van der Waals surface area (Å²) >= 11 is 0. The average Bonchev–Trinajstić information content (AvgIpc) is 2.15. The maximum absolute atomic E-state index is 11.3. The van der Waals surface area contributed by atoms with Crippen LogP contribution in [0.3, 0.4) is 0 Å². The van der Waals surface area contributed by atoms with Crippen molar-refractivity contribution < 1.29 is 8.42 Å². The highest BCUT2D eigenvalue weighted by molar-refractivity contribution is 7.89. The van der Waals surface area contributed by atoms with E-state index in [4.69, 9.17) is 10.9 Å². The molecule has 0 radical (unpaired) electrons. The lowest BCUT2D eigenvalue weighted by atomic mass is 10.1. The highest BCUT2D eigenvalue weighted by Gasteiger charge is 2.11. The molecule has 2 rings (SSSR count). The molecule has 0 aliphatic rings. The van der Waals surface area contributed by atoms with Crippen molar-refractivity contribution in [2.75, 3.05) is 5.73 Å². The topological polar surface area (TPSA) is 86.2 Å². The van der Waals surface area contributed by atoms with Crippen molar-refractivity contribution in [3.8, 4) is 0 Å². The zero-order chi connectivity index (χ0) is 11.1. The van der Waals surface area contributed by atoms with E-state index in [1.54, 1.807) is 30.3 Å². The zero-order valence-corrected chi connectivity index (χ0v) is 8.66. The molecule has 0 saturated heterocycles.